The van der Waals surface area contributed by atoms with Crippen LogP contribution in [0.15, 0.2) is 12.3 Å². The molecule has 2 heterocycles. The number of nitrogens with zero attached hydrogens (tertiary/aromatic N) is 4. The highest BCUT2D eigenvalue weighted by atomic mass is 16.5. The van der Waals surface area contributed by atoms with Crippen molar-refractivity contribution in [3.63, 3.8) is 0 Å². The second kappa shape index (κ2) is 9.87. The Labute approximate surface area is 168 Å². The van der Waals surface area contributed by atoms with Crippen LogP contribution in [0.1, 0.15) is 29.8 Å². The highest BCUT2D eigenvalue weighted by Gasteiger charge is 2.33. The Kier molecular flexibility index (Phi) is 7.81. The smallest absolute Gasteiger partial charge is 0.259 e. The molecule has 0 saturated heterocycles. The predicted octanol–water partition coefficient (Wildman–Crippen LogP) is 0.776. The lowest BCUT2D eigenvalue weighted by molar-refractivity contribution is 0.0348. The van der Waals surface area contributed by atoms with Crippen molar-refractivity contribution in [2.45, 2.75) is 26.0 Å². The van der Waals surface area contributed by atoms with Crippen LogP contribution in [0.3, 0.4) is 0 Å². The number of rotatable bonds is 5. The molecule has 1 amide bonds. The molecule has 1 aromatic rings. The van der Waals surface area contributed by atoms with E-state index < -0.39 is 0 Å². The van der Waals surface area contributed by atoms with Gasteiger partial charge in [-0.05, 0) is 41.2 Å². The van der Waals surface area contributed by atoms with Gasteiger partial charge in [-0.1, -0.05) is 18.8 Å². The van der Waals surface area contributed by atoms with Crippen LogP contribution in [0.5, 0.6) is 5.88 Å². The molecule has 3 atom stereocenters. The van der Waals surface area contributed by atoms with Crippen molar-refractivity contribution in [1.82, 2.24) is 19.7 Å². The molecule has 0 bridgehead atoms. The Morgan fingerprint density at radius 2 is 2.07 bits per heavy atom. The summed E-state index contributed by atoms with van der Waals surface area (Å²) in [5, 5.41) is 9.66. The molecule has 0 spiro atoms. The maximum atomic E-state index is 13.2. The number of likely N-dealkylation sites (N-methyl/N-ethyl adjacent to an activating group) is 1. The first-order valence-corrected chi connectivity index (χ1v) is 9.59. The molecular formula is C21H32N4O3. The first kappa shape index (κ1) is 22.2. The number of pyridine rings is 1. The van der Waals surface area contributed by atoms with Crippen LogP contribution in [-0.2, 0) is 0 Å². The van der Waals surface area contributed by atoms with Crippen molar-refractivity contribution in [1.29, 1.82) is 0 Å². The first-order valence-electron chi connectivity index (χ1n) is 9.59. The fraction of sp³-hybridized carbons (Fsp3) is 0.619. The molecule has 0 radical (unpaired) electrons. The molecule has 1 N–H and O–H groups in total. The molecule has 0 aliphatic carbocycles. The SMILES string of the molecule is C[C@H](CO)N1C[C@H](C)[C@@H](CN(C)C)Oc2ncc(C#CCN(C)C)cc2C1=O. The maximum Gasteiger partial charge on any atom is 0.259 e. The number of aliphatic hydroxyl groups excluding tert-OH is 1. The number of fused-ring (bicyclic) bond motifs is 1. The molecule has 1 aliphatic rings. The lowest BCUT2D eigenvalue weighted by Gasteiger charge is -2.37. The topological polar surface area (TPSA) is 69.1 Å². The van der Waals surface area contributed by atoms with Crippen LogP contribution in [-0.4, -0.2) is 97.3 Å². The molecule has 7 heteroatoms. The third kappa shape index (κ3) is 5.68. The molecule has 154 valence electrons. The summed E-state index contributed by atoms with van der Waals surface area (Å²) in [4.78, 5) is 23.4. The van der Waals surface area contributed by atoms with Crippen molar-refractivity contribution in [3.05, 3.63) is 23.4 Å². The Morgan fingerprint density at radius 3 is 2.68 bits per heavy atom. The minimum absolute atomic E-state index is 0.0925. The minimum Gasteiger partial charge on any atom is -0.472 e. The van der Waals surface area contributed by atoms with E-state index in [0.29, 0.717) is 36.6 Å². The summed E-state index contributed by atoms with van der Waals surface area (Å²) in [6, 6.07) is 1.46. The third-order valence-corrected chi connectivity index (χ3v) is 4.69. The molecule has 0 aromatic carbocycles. The number of aromatic nitrogens is 1. The van der Waals surface area contributed by atoms with Crippen LogP contribution < -0.4 is 4.74 Å². The Bertz CT molecular complexity index is 739. The van der Waals surface area contributed by atoms with Crippen LogP contribution in [0.25, 0.3) is 0 Å². The number of carbonyl (C=O) groups is 1. The van der Waals surface area contributed by atoms with Gasteiger partial charge in [0.15, 0.2) is 0 Å². The molecule has 2 rings (SSSR count). The van der Waals surface area contributed by atoms with Crippen molar-refractivity contribution < 1.29 is 14.6 Å². The van der Waals surface area contributed by atoms with E-state index in [1.807, 2.05) is 40.0 Å². The summed E-state index contributed by atoms with van der Waals surface area (Å²) >= 11 is 0. The van der Waals surface area contributed by atoms with Crippen LogP contribution >= 0.6 is 0 Å². The fourth-order valence-electron chi connectivity index (χ4n) is 3.05. The van der Waals surface area contributed by atoms with Crippen molar-refractivity contribution in [2.75, 3.05) is 54.4 Å². The van der Waals surface area contributed by atoms with E-state index in [0.717, 1.165) is 0 Å². The second-order valence-electron chi connectivity index (χ2n) is 8.00. The summed E-state index contributed by atoms with van der Waals surface area (Å²) in [6.07, 6.45) is 1.53. The molecule has 0 saturated carbocycles. The van der Waals surface area contributed by atoms with Crippen LogP contribution in [0.2, 0.25) is 0 Å². The molecule has 28 heavy (non-hydrogen) atoms. The quantitative estimate of drug-likeness (QED) is 0.752. The highest BCUT2D eigenvalue weighted by Crippen LogP contribution is 2.27. The van der Waals surface area contributed by atoms with Gasteiger partial charge < -0.3 is 19.6 Å². The van der Waals surface area contributed by atoms with E-state index in [1.54, 1.807) is 17.2 Å². The number of hydrogen-bond donors (Lipinski definition) is 1. The van der Waals surface area contributed by atoms with Crippen molar-refractivity contribution in [3.8, 4) is 17.7 Å². The molecule has 1 aromatic heterocycles. The van der Waals surface area contributed by atoms with Crippen molar-refractivity contribution in [2.24, 2.45) is 5.92 Å². The third-order valence-electron chi connectivity index (χ3n) is 4.69. The summed E-state index contributed by atoms with van der Waals surface area (Å²) < 4.78 is 6.17. The van der Waals surface area contributed by atoms with Gasteiger partial charge in [0, 0.05) is 30.8 Å². The summed E-state index contributed by atoms with van der Waals surface area (Å²) in [5.41, 5.74) is 1.07. The standard InChI is InChI=1S/C21H32N4O3/c1-15-12-25(16(2)14-26)21(27)18-10-17(8-7-9-23(3)4)11-22-20(18)28-19(15)13-24(5)6/h10-11,15-16,19,26H,9,12-14H2,1-6H3/t15-,16+,19+/m0/s1. The molecule has 7 nitrogen and oxygen atoms in total. The predicted molar refractivity (Wildman–Crippen MR) is 109 cm³/mol. The average molecular weight is 389 g/mol. The largest absolute Gasteiger partial charge is 0.472 e. The van der Waals surface area contributed by atoms with E-state index in [4.69, 9.17) is 4.74 Å². The van der Waals surface area contributed by atoms with Gasteiger partial charge in [0.2, 0.25) is 5.88 Å². The van der Waals surface area contributed by atoms with Gasteiger partial charge in [-0.2, -0.15) is 0 Å². The molecular weight excluding hydrogens is 356 g/mol. The summed E-state index contributed by atoms with van der Waals surface area (Å²) in [5.74, 6) is 6.35. The van der Waals surface area contributed by atoms with E-state index >= 15 is 0 Å². The molecule has 1 aliphatic heterocycles. The van der Waals surface area contributed by atoms with Gasteiger partial charge >= 0.3 is 0 Å². The minimum atomic E-state index is -0.288. The number of carbonyl (C=O) groups excluding carboxylic acids is 1. The van der Waals surface area contributed by atoms with E-state index in [9.17, 15) is 9.90 Å². The zero-order valence-electron chi connectivity index (χ0n) is 17.8. The molecule has 0 fully saturated rings. The van der Waals surface area contributed by atoms with Gasteiger partial charge in [0.25, 0.3) is 5.91 Å². The van der Waals surface area contributed by atoms with Gasteiger partial charge in [-0.25, -0.2) is 4.98 Å². The summed E-state index contributed by atoms with van der Waals surface area (Å²) in [6.45, 7) is 5.66. The van der Waals surface area contributed by atoms with Gasteiger partial charge in [0.1, 0.15) is 11.7 Å². The normalized spacial score (nSPS) is 20.8. The zero-order chi connectivity index (χ0) is 20.8. The van der Waals surface area contributed by atoms with E-state index in [2.05, 4.69) is 28.6 Å². The number of aliphatic hydroxyl groups is 1. The van der Waals surface area contributed by atoms with Crippen LogP contribution in [0.4, 0.5) is 0 Å². The van der Waals surface area contributed by atoms with Crippen molar-refractivity contribution >= 4 is 5.91 Å². The van der Waals surface area contributed by atoms with Crippen LogP contribution in [0, 0.1) is 17.8 Å². The Morgan fingerprint density at radius 1 is 1.36 bits per heavy atom. The van der Waals surface area contributed by atoms with E-state index in [-0.39, 0.29) is 30.6 Å². The highest BCUT2D eigenvalue weighted by molar-refractivity contribution is 5.97. The number of ether oxygens (including phenoxy) is 1. The monoisotopic (exact) mass is 388 g/mol. The lowest BCUT2D eigenvalue weighted by Crippen LogP contribution is -2.49. The average Bonchev–Trinajstić information content (AvgIpc) is 2.63. The zero-order valence-corrected chi connectivity index (χ0v) is 17.8. The molecule has 0 unspecified atom stereocenters. The first-order chi connectivity index (χ1) is 13.2. The Balaban J connectivity index is 2.45. The Hall–Kier alpha value is -2.14. The second-order valence-corrected chi connectivity index (χ2v) is 8.00. The van der Waals surface area contributed by atoms with Gasteiger partial charge in [0.05, 0.1) is 19.2 Å². The maximum absolute atomic E-state index is 13.2. The fourth-order valence-corrected chi connectivity index (χ4v) is 3.05. The number of amides is 1. The number of hydrogen-bond acceptors (Lipinski definition) is 6. The van der Waals surface area contributed by atoms with Gasteiger partial charge in [-0.3, -0.25) is 9.69 Å². The van der Waals surface area contributed by atoms with Gasteiger partial charge in [-0.15, -0.1) is 0 Å². The van der Waals surface area contributed by atoms with E-state index in [1.165, 1.54) is 0 Å². The lowest BCUT2D eigenvalue weighted by atomic mass is 10.00. The summed E-state index contributed by atoms with van der Waals surface area (Å²) in [7, 11) is 7.88.